The summed E-state index contributed by atoms with van der Waals surface area (Å²) in [5.74, 6) is -0.991. The lowest BCUT2D eigenvalue weighted by molar-refractivity contribution is 0.0690. The zero-order valence-corrected chi connectivity index (χ0v) is 12.8. The molecule has 1 heterocycles. The Labute approximate surface area is 125 Å². The molecule has 0 saturated carbocycles. The Bertz CT molecular complexity index is 620. The number of aromatic carboxylic acids is 1. The Hall–Kier alpha value is -2.16. The second-order valence-electron chi connectivity index (χ2n) is 5.09. The van der Waals surface area contributed by atoms with Crippen LogP contribution in [0.2, 0.25) is 0 Å². The first-order chi connectivity index (χ1) is 10.1. The average Bonchev–Trinajstić information content (AvgIpc) is 2.53. The molecule has 0 fully saturated rings. The van der Waals surface area contributed by atoms with Crippen LogP contribution in [0.15, 0.2) is 30.5 Å². The maximum Gasteiger partial charge on any atom is 0.354 e. The van der Waals surface area contributed by atoms with Gasteiger partial charge in [-0.15, -0.1) is 0 Å². The van der Waals surface area contributed by atoms with Crippen molar-refractivity contribution in [2.45, 2.75) is 40.0 Å². The molecule has 0 bridgehead atoms. The molecule has 21 heavy (non-hydrogen) atoms. The minimum Gasteiger partial charge on any atom is -0.477 e. The highest BCUT2D eigenvalue weighted by molar-refractivity contribution is 5.86. The number of nitrogens with zero attached hydrogens (tertiary/aromatic N) is 1. The predicted octanol–water partition coefficient (Wildman–Crippen LogP) is 4.13. The van der Waals surface area contributed by atoms with E-state index < -0.39 is 5.97 Å². The summed E-state index contributed by atoms with van der Waals surface area (Å²) in [7, 11) is 0. The van der Waals surface area contributed by atoms with E-state index in [0.717, 1.165) is 24.8 Å². The van der Waals surface area contributed by atoms with Gasteiger partial charge in [0.2, 0.25) is 0 Å². The highest BCUT2D eigenvalue weighted by atomic mass is 16.4. The summed E-state index contributed by atoms with van der Waals surface area (Å²) >= 11 is 0. The van der Waals surface area contributed by atoms with Crippen LogP contribution in [0.4, 0.5) is 0 Å². The van der Waals surface area contributed by atoms with Gasteiger partial charge in [0.15, 0.2) is 0 Å². The minimum absolute atomic E-state index is 0.0834. The highest BCUT2D eigenvalue weighted by Gasteiger charge is 2.12. The second kappa shape index (κ2) is 6.53. The Morgan fingerprint density at radius 2 is 1.67 bits per heavy atom. The molecular formula is C18H21NO2. The molecule has 1 aromatic carbocycles. The number of aryl methyl sites for hydroxylation is 3. The van der Waals surface area contributed by atoms with Gasteiger partial charge in [-0.1, -0.05) is 39.0 Å². The topological polar surface area (TPSA) is 50.2 Å². The van der Waals surface area contributed by atoms with Gasteiger partial charge in [0.25, 0.3) is 0 Å². The number of hydrogen-bond donors (Lipinski definition) is 1. The Kier molecular flexibility index (Phi) is 4.73. The normalized spacial score (nSPS) is 10.6. The zero-order valence-electron chi connectivity index (χ0n) is 12.8. The lowest BCUT2D eigenvalue weighted by Gasteiger charge is -2.15. The molecule has 2 rings (SSSR count). The minimum atomic E-state index is -0.991. The molecule has 0 aliphatic carbocycles. The van der Waals surface area contributed by atoms with Crippen molar-refractivity contribution in [3.05, 3.63) is 52.8 Å². The van der Waals surface area contributed by atoms with Gasteiger partial charge in [0, 0.05) is 11.8 Å². The third kappa shape index (κ3) is 3.13. The molecule has 1 aromatic heterocycles. The van der Waals surface area contributed by atoms with Gasteiger partial charge in [0.1, 0.15) is 5.69 Å². The summed E-state index contributed by atoms with van der Waals surface area (Å²) in [5.41, 5.74) is 6.24. The van der Waals surface area contributed by atoms with E-state index >= 15 is 0 Å². The van der Waals surface area contributed by atoms with Crippen molar-refractivity contribution >= 4 is 5.97 Å². The Balaban J connectivity index is 2.58. The smallest absolute Gasteiger partial charge is 0.354 e. The molecule has 110 valence electrons. The van der Waals surface area contributed by atoms with Gasteiger partial charge in [-0.3, -0.25) is 0 Å². The summed E-state index contributed by atoms with van der Waals surface area (Å²) in [6.07, 6.45) is 4.60. The maximum atomic E-state index is 10.9. The molecule has 1 N–H and O–H groups in total. The highest BCUT2D eigenvalue weighted by Crippen LogP contribution is 2.30. The van der Waals surface area contributed by atoms with Gasteiger partial charge in [0.05, 0.1) is 0 Å². The van der Waals surface area contributed by atoms with E-state index in [2.05, 4.69) is 37.9 Å². The third-order valence-corrected chi connectivity index (χ3v) is 3.80. The van der Waals surface area contributed by atoms with E-state index in [4.69, 9.17) is 5.11 Å². The maximum absolute atomic E-state index is 10.9. The standard InChI is InChI=1S/C18H21NO2/c1-4-12-9-13(5-2)17(14(6-3)10-12)15-7-8-16(18(20)21)19-11-15/h7-11H,4-6H2,1-3H3,(H,20,21). The van der Waals surface area contributed by atoms with E-state index in [1.54, 1.807) is 12.3 Å². The van der Waals surface area contributed by atoms with Crippen LogP contribution in [0.1, 0.15) is 48.0 Å². The third-order valence-electron chi connectivity index (χ3n) is 3.80. The van der Waals surface area contributed by atoms with Gasteiger partial charge in [-0.2, -0.15) is 0 Å². The quantitative estimate of drug-likeness (QED) is 0.897. The van der Waals surface area contributed by atoms with Crippen molar-refractivity contribution in [3.63, 3.8) is 0 Å². The van der Waals surface area contributed by atoms with Crippen molar-refractivity contribution in [2.75, 3.05) is 0 Å². The van der Waals surface area contributed by atoms with Gasteiger partial charge >= 0.3 is 5.97 Å². The fourth-order valence-corrected chi connectivity index (χ4v) is 2.64. The number of rotatable bonds is 5. The van der Waals surface area contributed by atoms with Crippen molar-refractivity contribution < 1.29 is 9.90 Å². The lowest BCUT2D eigenvalue weighted by atomic mass is 9.90. The molecular weight excluding hydrogens is 262 g/mol. The fraction of sp³-hybridized carbons (Fsp3) is 0.333. The average molecular weight is 283 g/mol. The lowest BCUT2D eigenvalue weighted by Crippen LogP contribution is -2.01. The van der Waals surface area contributed by atoms with Crippen LogP contribution < -0.4 is 0 Å². The van der Waals surface area contributed by atoms with E-state index in [1.165, 1.54) is 22.3 Å². The molecule has 0 aliphatic rings. The Morgan fingerprint density at radius 1 is 1.05 bits per heavy atom. The van der Waals surface area contributed by atoms with Crippen LogP contribution in [0, 0.1) is 0 Å². The van der Waals surface area contributed by atoms with Gasteiger partial charge in [-0.05, 0) is 47.6 Å². The Morgan fingerprint density at radius 3 is 2.05 bits per heavy atom. The first-order valence-electron chi connectivity index (χ1n) is 7.45. The summed E-state index contributed by atoms with van der Waals surface area (Å²) in [4.78, 5) is 15.0. The van der Waals surface area contributed by atoms with Gasteiger partial charge < -0.3 is 5.11 Å². The molecule has 0 radical (unpaired) electrons. The number of pyridine rings is 1. The molecule has 3 heteroatoms. The summed E-state index contributed by atoms with van der Waals surface area (Å²) < 4.78 is 0. The second-order valence-corrected chi connectivity index (χ2v) is 5.09. The number of carboxylic acid groups (broad SMARTS) is 1. The molecule has 0 saturated heterocycles. The SMILES string of the molecule is CCc1cc(CC)c(-c2ccc(C(=O)O)nc2)c(CC)c1. The van der Waals surface area contributed by atoms with Crippen LogP contribution in [0.5, 0.6) is 0 Å². The first kappa shape index (κ1) is 15.2. The van der Waals surface area contributed by atoms with Crippen LogP contribution in [0.3, 0.4) is 0 Å². The van der Waals surface area contributed by atoms with Crippen LogP contribution in [-0.4, -0.2) is 16.1 Å². The van der Waals surface area contributed by atoms with Crippen LogP contribution >= 0.6 is 0 Å². The van der Waals surface area contributed by atoms with Crippen molar-refractivity contribution in [2.24, 2.45) is 0 Å². The number of aromatic nitrogens is 1. The van der Waals surface area contributed by atoms with E-state index in [0.29, 0.717) is 0 Å². The largest absolute Gasteiger partial charge is 0.477 e. The molecule has 0 unspecified atom stereocenters. The number of hydrogen-bond acceptors (Lipinski definition) is 2. The molecule has 0 amide bonds. The molecule has 0 aliphatic heterocycles. The molecule has 2 aromatic rings. The molecule has 0 atom stereocenters. The summed E-state index contributed by atoms with van der Waals surface area (Å²) in [6.45, 7) is 6.46. The van der Waals surface area contributed by atoms with E-state index in [1.807, 2.05) is 6.07 Å². The first-order valence-corrected chi connectivity index (χ1v) is 7.45. The monoisotopic (exact) mass is 283 g/mol. The molecule has 3 nitrogen and oxygen atoms in total. The number of carbonyl (C=O) groups is 1. The summed E-state index contributed by atoms with van der Waals surface area (Å²) in [6, 6.07) is 7.93. The van der Waals surface area contributed by atoms with E-state index in [-0.39, 0.29) is 5.69 Å². The fourth-order valence-electron chi connectivity index (χ4n) is 2.64. The molecule has 0 spiro atoms. The van der Waals surface area contributed by atoms with Crippen LogP contribution in [0.25, 0.3) is 11.1 Å². The van der Waals surface area contributed by atoms with Crippen molar-refractivity contribution in [3.8, 4) is 11.1 Å². The van der Waals surface area contributed by atoms with Crippen molar-refractivity contribution in [1.29, 1.82) is 0 Å². The van der Waals surface area contributed by atoms with E-state index in [9.17, 15) is 4.79 Å². The van der Waals surface area contributed by atoms with Crippen LogP contribution in [-0.2, 0) is 19.3 Å². The number of benzene rings is 1. The summed E-state index contributed by atoms with van der Waals surface area (Å²) in [5, 5.41) is 8.95. The zero-order chi connectivity index (χ0) is 15.4. The van der Waals surface area contributed by atoms with Gasteiger partial charge in [-0.25, -0.2) is 9.78 Å². The van der Waals surface area contributed by atoms with Crippen molar-refractivity contribution in [1.82, 2.24) is 4.98 Å². The predicted molar refractivity (Wildman–Crippen MR) is 84.8 cm³/mol. The number of carboxylic acids is 1.